The fraction of sp³-hybridized carbons (Fsp3) is 0.333. The van der Waals surface area contributed by atoms with Crippen molar-refractivity contribution in [3.05, 3.63) is 29.3 Å². The zero-order valence-electron chi connectivity index (χ0n) is 10.5. The van der Waals surface area contributed by atoms with Gasteiger partial charge in [0.2, 0.25) is 5.91 Å². The molecule has 7 heteroatoms. The first-order valence-electron chi connectivity index (χ1n) is 5.57. The molecule has 0 radical (unpaired) electrons. The number of carboxylic acid groups (broad SMARTS) is 1. The second kappa shape index (κ2) is 6.12. The number of benzene rings is 1. The average molecular weight is 272 g/mol. The molecule has 1 rings (SSSR count). The topological polar surface area (TPSA) is 69.6 Å². The van der Waals surface area contributed by atoms with Gasteiger partial charge in [0.05, 0.1) is 17.8 Å². The Morgan fingerprint density at radius 1 is 1.32 bits per heavy atom. The van der Waals surface area contributed by atoms with E-state index < -0.39 is 23.2 Å². The van der Waals surface area contributed by atoms with E-state index in [1.807, 2.05) is 0 Å². The number of carboxylic acids is 1. The van der Waals surface area contributed by atoms with Gasteiger partial charge in [0.15, 0.2) is 11.6 Å². The highest BCUT2D eigenvalue weighted by Gasteiger charge is 2.18. The van der Waals surface area contributed by atoms with E-state index in [4.69, 9.17) is 5.11 Å². The lowest BCUT2D eigenvalue weighted by Gasteiger charge is -2.15. The maximum absolute atomic E-state index is 13.5. The van der Waals surface area contributed by atoms with Gasteiger partial charge in [0.1, 0.15) is 0 Å². The lowest BCUT2D eigenvalue weighted by atomic mass is 10.2. The predicted octanol–water partition coefficient (Wildman–Crippen LogP) is 1.55. The van der Waals surface area contributed by atoms with Crippen molar-refractivity contribution in [2.45, 2.75) is 6.92 Å². The lowest BCUT2D eigenvalue weighted by molar-refractivity contribution is -0.127. The second-order valence-corrected chi connectivity index (χ2v) is 3.86. The quantitative estimate of drug-likeness (QED) is 0.853. The maximum Gasteiger partial charge on any atom is 0.338 e. The molecule has 0 unspecified atom stereocenters. The van der Waals surface area contributed by atoms with Gasteiger partial charge < -0.3 is 15.3 Å². The Labute approximate surface area is 108 Å². The number of anilines is 1. The van der Waals surface area contributed by atoms with Crippen molar-refractivity contribution in [3.8, 4) is 0 Å². The first-order valence-corrected chi connectivity index (χ1v) is 5.57. The first-order chi connectivity index (χ1) is 8.88. The van der Waals surface area contributed by atoms with Gasteiger partial charge in [-0.3, -0.25) is 4.79 Å². The van der Waals surface area contributed by atoms with Crippen LogP contribution in [-0.4, -0.2) is 42.0 Å². The number of nitrogens with zero attached hydrogens (tertiary/aromatic N) is 1. The highest BCUT2D eigenvalue weighted by atomic mass is 19.2. The van der Waals surface area contributed by atoms with E-state index in [1.165, 1.54) is 4.90 Å². The van der Waals surface area contributed by atoms with Crippen LogP contribution >= 0.6 is 0 Å². The van der Waals surface area contributed by atoms with E-state index in [2.05, 4.69) is 5.32 Å². The third kappa shape index (κ3) is 3.40. The minimum atomic E-state index is -1.55. The van der Waals surface area contributed by atoms with Crippen LogP contribution in [-0.2, 0) is 4.79 Å². The highest BCUT2D eigenvalue weighted by molar-refractivity contribution is 5.88. The van der Waals surface area contributed by atoms with Crippen LogP contribution in [0.25, 0.3) is 0 Å². The third-order valence-corrected chi connectivity index (χ3v) is 2.64. The van der Waals surface area contributed by atoms with E-state index in [0.29, 0.717) is 6.54 Å². The summed E-state index contributed by atoms with van der Waals surface area (Å²) in [5.74, 6) is -4.60. The molecule has 0 atom stereocenters. The lowest BCUT2D eigenvalue weighted by Crippen LogP contribution is -2.32. The van der Waals surface area contributed by atoms with Gasteiger partial charge in [0, 0.05) is 13.6 Å². The van der Waals surface area contributed by atoms with Crippen molar-refractivity contribution >= 4 is 17.6 Å². The van der Waals surface area contributed by atoms with Crippen LogP contribution in [0.5, 0.6) is 0 Å². The van der Waals surface area contributed by atoms with Crippen LogP contribution in [0.4, 0.5) is 14.5 Å². The molecule has 1 aromatic carbocycles. The number of halogens is 2. The first kappa shape index (κ1) is 14.9. The van der Waals surface area contributed by atoms with Gasteiger partial charge in [-0.1, -0.05) is 0 Å². The van der Waals surface area contributed by atoms with Crippen LogP contribution in [0.1, 0.15) is 17.3 Å². The molecular weight excluding hydrogens is 258 g/mol. The molecule has 0 aromatic heterocycles. The predicted molar refractivity (Wildman–Crippen MR) is 65.1 cm³/mol. The van der Waals surface area contributed by atoms with E-state index in [1.54, 1.807) is 14.0 Å². The van der Waals surface area contributed by atoms with Gasteiger partial charge in [-0.15, -0.1) is 0 Å². The van der Waals surface area contributed by atoms with Gasteiger partial charge in [0.25, 0.3) is 0 Å². The smallest absolute Gasteiger partial charge is 0.338 e. The number of likely N-dealkylation sites (N-methyl/N-ethyl adjacent to an activating group) is 1. The summed E-state index contributed by atoms with van der Waals surface area (Å²) < 4.78 is 26.9. The summed E-state index contributed by atoms with van der Waals surface area (Å²) in [6.07, 6.45) is 0. The summed E-state index contributed by atoms with van der Waals surface area (Å²) >= 11 is 0. The highest BCUT2D eigenvalue weighted by Crippen LogP contribution is 2.20. The van der Waals surface area contributed by atoms with E-state index in [9.17, 15) is 18.4 Å². The number of hydrogen-bond donors (Lipinski definition) is 2. The molecule has 0 aliphatic heterocycles. The maximum atomic E-state index is 13.5. The van der Waals surface area contributed by atoms with Crippen LogP contribution in [0, 0.1) is 11.6 Å². The Kier molecular flexibility index (Phi) is 4.80. The summed E-state index contributed by atoms with van der Waals surface area (Å²) in [5.41, 5.74) is -1.000. The Bertz CT molecular complexity index is 506. The number of hydrogen-bond acceptors (Lipinski definition) is 3. The van der Waals surface area contributed by atoms with E-state index in [0.717, 1.165) is 12.1 Å². The van der Waals surface area contributed by atoms with Gasteiger partial charge in [-0.05, 0) is 19.1 Å². The molecule has 0 saturated carbocycles. The second-order valence-electron chi connectivity index (χ2n) is 3.86. The van der Waals surface area contributed by atoms with Gasteiger partial charge in [-0.25, -0.2) is 13.6 Å². The van der Waals surface area contributed by atoms with Crippen LogP contribution in [0.15, 0.2) is 12.1 Å². The molecule has 0 heterocycles. The normalized spacial score (nSPS) is 10.1. The molecule has 2 N–H and O–H groups in total. The van der Waals surface area contributed by atoms with Crippen molar-refractivity contribution in [3.63, 3.8) is 0 Å². The molecule has 0 fully saturated rings. The Hall–Kier alpha value is -2.18. The fourth-order valence-electron chi connectivity index (χ4n) is 1.33. The molecule has 0 saturated heterocycles. The molecule has 104 valence electrons. The number of amides is 1. The summed E-state index contributed by atoms with van der Waals surface area (Å²) in [6, 6.07) is 2.03. The van der Waals surface area contributed by atoms with Gasteiger partial charge >= 0.3 is 5.97 Å². The fourth-order valence-corrected chi connectivity index (χ4v) is 1.33. The molecule has 0 aliphatic rings. The minimum Gasteiger partial charge on any atom is -0.478 e. The largest absolute Gasteiger partial charge is 0.478 e. The van der Waals surface area contributed by atoms with Gasteiger partial charge in [-0.2, -0.15) is 0 Å². The molecule has 5 nitrogen and oxygen atoms in total. The minimum absolute atomic E-state index is 0.201. The molecule has 0 spiro atoms. The van der Waals surface area contributed by atoms with Crippen molar-refractivity contribution in [1.82, 2.24) is 4.90 Å². The van der Waals surface area contributed by atoms with Crippen LogP contribution in [0.2, 0.25) is 0 Å². The number of nitrogens with one attached hydrogen (secondary N) is 1. The van der Waals surface area contributed by atoms with Crippen molar-refractivity contribution in [2.24, 2.45) is 0 Å². The SMILES string of the molecule is CCN(C)C(=O)CNc1ccc(C(=O)O)c(F)c1F. The summed E-state index contributed by atoms with van der Waals surface area (Å²) in [5, 5.41) is 11.1. The molecule has 1 aromatic rings. The Morgan fingerprint density at radius 2 is 1.95 bits per heavy atom. The molecule has 0 bridgehead atoms. The molecular formula is C12H14F2N2O3. The molecule has 1 amide bonds. The molecule has 19 heavy (non-hydrogen) atoms. The van der Waals surface area contributed by atoms with Crippen molar-refractivity contribution in [1.29, 1.82) is 0 Å². The van der Waals surface area contributed by atoms with Crippen LogP contribution in [0.3, 0.4) is 0 Å². The summed E-state index contributed by atoms with van der Waals surface area (Å²) in [7, 11) is 1.58. The Morgan fingerprint density at radius 3 is 2.47 bits per heavy atom. The zero-order valence-corrected chi connectivity index (χ0v) is 10.5. The Balaban J connectivity index is 2.84. The molecule has 0 aliphatic carbocycles. The standard InChI is InChI=1S/C12H14F2N2O3/c1-3-16(2)9(17)6-15-8-5-4-7(12(18)19)10(13)11(8)14/h4-5,15H,3,6H2,1-2H3,(H,18,19). The third-order valence-electron chi connectivity index (χ3n) is 2.64. The number of rotatable bonds is 5. The van der Waals surface area contributed by atoms with E-state index in [-0.39, 0.29) is 18.1 Å². The average Bonchev–Trinajstić information content (AvgIpc) is 2.38. The number of carbonyl (C=O) groups is 2. The number of aromatic carboxylic acids is 1. The summed E-state index contributed by atoms with van der Waals surface area (Å²) in [6.45, 7) is 2.07. The van der Waals surface area contributed by atoms with E-state index >= 15 is 0 Å². The summed E-state index contributed by atoms with van der Waals surface area (Å²) in [4.78, 5) is 23.5. The monoisotopic (exact) mass is 272 g/mol. The zero-order chi connectivity index (χ0) is 14.6. The number of carbonyl (C=O) groups excluding carboxylic acids is 1. The van der Waals surface area contributed by atoms with Crippen molar-refractivity contribution in [2.75, 3.05) is 25.5 Å². The van der Waals surface area contributed by atoms with Crippen LogP contribution < -0.4 is 5.32 Å². The van der Waals surface area contributed by atoms with Crippen molar-refractivity contribution < 1.29 is 23.5 Å².